The highest BCUT2D eigenvalue weighted by atomic mass is 35.5. The Balaban J connectivity index is 2.20. The summed E-state index contributed by atoms with van der Waals surface area (Å²) >= 11 is 6.08. The van der Waals surface area contributed by atoms with Gasteiger partial charge in [-0.15, -0.1) is 5.10 Å². The number of amides is 1. The second kappa shape index (κ2) is 5.40. The van der Waals surface area contributed by atoms with E-state index in [0.29, 0.717) is 11.6 Å². The van der Waals surface area contributed by atoms with Gasteiger partial charge in [0, 0.05) is 19.0 Å². The van der Waals surface area contributed by atoms with E-state index in [9.17, 15) is 4.79 Å². The van der Waals surface area contributed by atoms with Crippen LogP contribution in [0.25, 0.3) is 5.69 Å². The van der Waals surface area contributed by atoms with Crippen molar-refractivity contribution in [2.75, 3.05) is 7.05 Å². The third kappa shape index (κ3) is 3.12. The average molecular weight is 279 g/mol. The van der Waals surface area contributed by atoms with E-state index < -0.39 is 0 Å². The van der Waals surface area contributed by atoms with Crippen LogP contribution in [0.1, 0.15) is 18.2 Å². The summed E-state index contributed by atoms with van der Waals surface area (Å²) in [6.45, 7) is 3.90. The molecular formula is C13H15ClN4O. The van der Waals surface area contributed by atoms with Gasteiger partial charge in [0.1, 0.15) is 5.69 Å². The summed E-state index contributed by atoms with van der Waals surface area (Å²) in [5.41, 5.74) is 2.59. The van der Waals surface area contributed by atoms with Crippen LogP contribution in [0.2, 0.25) is 5.02 Å². The van der Waals surface area contributed by atoms with E-state index >= 15 is 0 Å². The summed E-state index contributed by atoms with van der Waals surface area (Å²) in [6, 6.07) is 5.69. The van der Waals surface area contributed by atoms with E-state index in [1.807, 2.05) is 25.1 Å². The number of aryl methyl sites for hydroxylation is 1. The molecule has 1 amide bonds. The molecule has 0 saturated heterocycles. The lowest BCUT2D eigenvalue weighted by Gasteiger charge is -2.11. The molecule has 1 aromatic heterocycles. The standard InChI is InChI=1S/C13H15ClN4O/c1-9-4-5-12(6-13(9)14)18-8-11(15-16-18)7-17(3)10(2)19/h4-6,8H,7H2,1-3H3. The van der Waals surface area contributed by atoms with Gasteiger partial charge in [0.05, 0.1) is 18.4 Å². The number of carbonyl (C=O) groups excluding carboxylic acids is 1. The Morgan fingerprint density at radius 3 is 2.84 bits per heavy atom. The maximum atomic E-state index is 11.2. The predicted octanol–water partition coefficient (Wildman–Crippen LogP) is 2.21. The van der Waals surface area contributed by atoms with Gasteiger partial charge in [0.2, 0.25) is 5.91 Å². The van der Waals surface area contributed by atoms with Gasteiger partial charge in [-0.05, 0) is 24.6 Å². The Bertz CT molecular complexity index is 608. The first kappa shape index (κ1) is 13.5. The first-order chi connectivity index (χ1) is 8.97. The normalized spacial score (nSPS) is 10.5. The minimum Gasteiger partial charge on any atom is -0.340 e. The van der Waals surface area contributed by atoms with Crippen molar-refractivity contribution in [1.29, 1.82) is 0 Å². The Labute approximate surface area is 116 Å². The molecule has 100 valence electrons. The maximum absolute atomic E-state index is 11.2. The lowest BCUT2D eigenvalue weighted by atomic mass is 10.2. The van der Waals surface area contributed by atoms with Crippen molar-refractivity contribution >= 4 is 17.5 Å². The van der Waals surface area contributed by atoms with Crippen LogP contribution in [0.4, 0.5) is 0 Å². The van der Waals surface area contributed by atoms with E-state index in [4.69, 9.17) is 11.6 Å². The molecule has 0 spiro atoms. The van der Waals surface area contributed by atoms with Crippen LogP contribution in [0.3, 0.4) is 0 Å². The summed E-state index contributed by atoms with van der Waals surface area (Å²) in [6.07, 6.45) is 1.79. The van der Waals surface area contributed by atoms with E-state index in [0.717, 1.165) is 16.9 Å². The molecule has 2 rings (SSSR count). The molecule has 0 saturated carbocycles. The lowest BCUT2D eigenvalue weighted by molar-refractivity contribution is -0.128. The molecule has 1 heterocycles. The van der Waals surface area contributed by atoms with Crippen LogP contribution in [-0.4, -0.2) is 32.8 Å². The molecule has 0 radical (unpaired) electrons. The van der Waals surface area contributed by atoms with Crippen molar-refractivity contribution in [1.82, 2.24) is 19.9 Å². The molecule has 2 aromatic rings. The highest BCUT2D eigenvalue weighted by Crippen LogP contribution is 2.19. The first-order valence-corrected chi connectivity index (χ1v) is 6.24. The Kier molecular flexibility index (Phi) is 3.85. The summed E-state index contributed by atoms with van der Waals surface area (Å²) in [5.74, 6) is -0.00655. The third-order valence-corrected chi connectivity index (χ3v) is 3.30. The quantitative estimate of drug-likeness (QED) is 0.865. The number of benzene rings is 1. The van der Waals surface area contributed by atoms with Crippen LogP contribution in [0.5, 0.6) is 0 Å². The van der Waals surface area contributed by atoms with Crippen molar-refractivity contribution in [2.24, 2.45) is 0 Å². The second-order valence-corrected chi connectivity index (χ2v) is 4.87. The highest BCUT2D eigenvalue weighted by molar-refractivity contribution is 6.31. The van der Waals surface area contributed by atoms with Crippen LogP contribution < -0.4 is 0 Å². The zero-order valence-electron chi connectivity index (χ0n) is 11.1. The van der Waals surface area contributed by atoms with Gasteiger partial charge >= 0.3 is 0 Å². The number of carbonyl (C=O) groups is 1. The first-order valence-electron chi connectivity index (χ1n) is 5.87. The van der Waals surface area contributed by atoms with Gasteiger partial charge in [0.15, 0.2) is 0 Å². The Morgan fingerprint density at radius 1 is 1.47 bits per heavy atom. The molecule has 1 aromatic carbocycles. The number of halogens is 1. The monoisotopic (exact) mass is 278 g/mol. The van der Waals surface area contributed by atoms with Gasteiger partial charge in [-0.2, -0.15) is 0 Å². The summed E-state index contributed by atoms with van der Waals surface area (Å²) in [7, 11) is 1.73. The number of nitrogens with zero attached hydrogens (tertiary/aromatic N) is 4. The van der Waals surface area contributed by atoms with Gasteiger partial charge in [-0.3, -0.25) is 4.79 Å². The highest BCUT2D eigenvalue weighted by Gasteiger charge is 2.08. The maximum Gasteiger partial charge on any atom is 0.219 e. The van der Waals surface area contributed by atoms with Crippen LogP contribution in [0, 0.1) is 6.92 Å². The molecule has 0 unspecified atom stereocenters. The Hall–Kier alpha value is -1.88. The average Bonchev–Trinajstić information content (AvgIpc) is 2.81. The fraction of sp³-hybridized carbons (Fsp3) is 0.308. The smallest absolute Gasteiger partial charge is 0.219 e. The van der Waals surface area contributed by atoms with E-state index in [1.54, 1.807) is 22.8 Å². The Morgan fingerprint density at radius 2 is 2.21 bits per heavy atom. The van der Waals surface area contributed by atoms with E-state index in [-0.39, 0.29) is 5.91 Å². The fourth-order valence-corrected chi connectivity index (χ4v) is 1.75. The van der Waals surface area contributed by atoms with Crippen molar-refractivity contribution in [3.05, 3.63) is 40.7 Å². The van der Waals surface area contributed by atoms with Gasteiger partial charge in [-0.25, -0.2) is 4.68 Å². The minimum atomic E-state index is -0.00655. The topological polar surface area (TPSA) is 51.0 Å². The molecule has 6 heteroatoms. The van der Waals surface area contributed by atoms with Gasteiger partial charge < -0.3 is 4.90 Å². The van der Waals surface area contributed by atoms with Crippen molar-refractivity contribution < 1.29 is 4.79 Å². The predicted molar refractivity (Wildman–Crippen MR) is 73.3 cm³/mol. The van der Waals surface area contributed by atoms with Crippen LogP contribution in [0.15, 0.2) is 24.4 Å². The van der Waals surface area contributed by atoms with Crippen molar-refractivity contribution in [3.63, 3.8) is 0 Å². The van der Waals surface area contributed by atoms with Crippen molar-refractivity contribution in [2.45, 2.75) is 20.4 Å². The zero-order chi connectivity index (χ0) is 14.0. The van der Waals surface area contributed by atoms with Gasteiger partial charge in [-0.1, -0.05) is 22.9 Å². The van der Waals surface area contributed by atoms with Gasteiger partial charge in [0.25, 0.3) is 0 Å². The molecule has 0 atom stereocenters. The number of rotatable bonds is 3. The number of hydrogen-bond donors (Lipinski definition) is 0. The SMILES string of the molecule is CC(=O)N(C)Cc1cn(-c2ccc(C)c(Cl)c2)nn1. The molecule has 0 aliphatic rings. The lowest BCUT2D eigenvalue weighted by Crippen LogP contribution is -2.23. The number of aromatic nitrogens is 3. The number of hydrogen-bond acceptors (Lipinski definition) is 3. The molecule has 19 heavy (non-hydrogen) atoms. The largest absolute Gasteiger partial charge is 0.340 e. The summed E-state index contributed by atoms with van der Waals surface area (Å²) in [5, 5.41) is 8.77. The van der Waals surface area contributed by atoms with E-state index in [1.165, 1.54) is 6.92 Å². The zero-order valence-corrected chi connectivity index (χ0v) is 11.8. The second-order valence-electron chi connectivity index (χ2n) is 4.46. The van der Waals surface area contributed by atoms with Crippen molar-refractivity contribution in [3.8, 4) is 5.69 Å². The van der Waals surface area contributed by atoms with Crippen LogP contribution in [-0.2, 0) is 11.3 Å². The molecule has 0 aliphatic carbocycles. The molecule has 0 N–H and O–H groups in total. The molecule has 5 nitrogen and oxygen atoms in total. The molecule has 0 bridgehead atoms. The minimum absolute atomic E-state index is 0.00655. The third-order valence-electron chi connectivity index (χ3n) is 2.90. The molecular weight excluding hydrogens is 264 g/mol. The molecule has 0 aliphatic heterocycles. The van der Waals surface area contributed by atoms with E-state index in [2.05, 4.69) is 10.3 Å². The fourth-order valence-electron chi connectivity index (χ4n) is 1.58. The summed E-state index contributed by atoms with van der Waals surface area (Å²) in [4.78, 5) is 12.7. The molecule has 0 fully saturated rings. The van der Waals surface area contributed by atoms with Crippen LogP contribution >= 0.6 is 11.6 Å². The summed E-state index contributed by atoms with van der Waals surface area (Å²) < 4.78 is 1.65.